The van der Waals surface area contributed by atoms with Crippen LogP contribution in [0.5, 0.6) is 0 Å². The van der Waals surface area contributed by atoms with Crippen molar-refractivity contribution in [2.45, 2.75) is 44.5 Å². The Labute approximate surface area is 76.2 Å². The minimum Gasteiger partial charge on any atom is -0.380 e. The Morgan fingerprint density at radius 3 is 2.23 bits per heavy atom. The fourth-order valence-corrected chi connectivity index (χ4v) is 1.16. The summed E-state index contributed by atoms with van der Waals surface area (Å²) in [6, 6.07) is -0.531. The van der Waals surface area contributed by atoms with Gasteiger partial charge in [-0.2, -0.15) is 13.2 Å². The third-order valence-corrected chi connectivity index (χ3v) is 1.94. The van der Waals surface area contributed by atoms with Gasteiger partial charge in [-0.05, 0) is 12.8 Å². The average molecular weight is 199 g/mol. The number of nitrogens with two attached hydrogens (primary N) is 1. The van der Waals surface area contributed by atoms with Gasteiger partial charge in [0.25, 0.3) is 0 Å². The Morgan fingerprint density at radius 1 is 1.38 bits per heavy atom. The molecule has 13 heavy (non-hydrogen) atoms. The lowest BCUT2D eigenvalue weighted by molar-refractivity contribution is -0.137. The molecule has 0 heterocycles. The second-order valence-electron chi connectivity index (χ2n) is 3.00. The summed E-state index contributed by atoms with van der Waals surface area (Å²) in [6.07, 6.45) is -4.68. The van der Waals surface area contributed by atoms with Gasteiger partial charge in [0.1, 0.15) is 0 Å². The van der Waals surface area contributed by atoms with Crippen LogP contribution in [0, 0.1) is 0 Å². The van der Waals surface area contributed by atoms with Crippen LogP contribution in [0.2, 0.25) is 0 Å². The van der Waals surface area contributed by atoms with Crippen molar-refractivity contribution >= 4 is 0 Å². The van der Waals surface area contributed by atoms with E-state index >= 15 is 0 Å². The summed E-state index contributed by atoms with van der Waals surface area (Å²) >= 11 is 0. The van der Waals surface area contributed by atoms with Crippen LogP contribution >= 0.6 is 0 Å². The molecule has 2 nitrogen and oxygen atoms in total. The first kappa shape index (κ1) is 12.7. The van der Waals surface area contributed by atoms with Crippen molar-refractivity contribution in [3.63, 3.8) is 0 Å². The number of hydrogen-bond donors (Lipinski definition) is 1. The maximum absolute atomic E-state index is 11.8. The Balaban J connectivity index is 3.78. The first-order chi connectivity index (χ1) is 5.90. The molecule has 0 aromatic rings. The molecule has 2 unspecified atom stereocenters. The van der Waals surface area contributed by atoms with E-state index in [1.807, 2.05) is 6.92 Å². The summed E-state index contributed by atoms with van der Waals surface area (Å²) in [6.45, 7) is 1.83. The first-order valence-electron chi connectivity index (χ1n) is 4.25. The van der Waals surface area contributed by atoms with Crippen molar-refractivity contribution in [2.75, 3.05) is 7.11 Å². The third-order valence-electron chi connectivity index (χ3n) is 1.94. The highest BCUT2D eigenvalue weighted by atomic mass is 19.4. The second kappa shape index (κ2) is 5.44. The summed E-state index contributed by atoms with van der Waals surface area (Å²) in [5, 5.41) is 0. The molecular formula is C8H16F3NO. The van der Waals surface area contributed by atoms with Crippen molar-refractivity contribution in [3.05, 3.63) is 0 Å². The van der Waals surface area contributed by atoms with Gasteiger partial charge in [-0.25, -0.2) is 0 Å². The van der Waals surface area contributed by atoms with E-state index in [1.54, 1.807) is 0 Å². The highest BCUT2D eigenvalue weighted by Crippen LogP contribution is 2.23. The summed E-state index contributed by atoms with van der Waals surface area (Å²) in [5.74, 6) is 0. The molecule has 0 saturated carbocycles. The highest BCUT2D eigenvalue weighted by molar-refractivity contribution is 4.73. The van der Waals surface area contributed by atoms with Crippen LogP contribution in [0.4, 0.5) is 13.2 Å². The number of rotatable bonds is 5. The minimum absolute atomic E-state index is 0.0736. The molecule has 2 atom stereocenters. The molecular weight excluding hydrogens is 183 g/mol. The zero-order valence-corrected chi connectivity index (χ0v) is 7.90. The Kier molecular flexibility index (Phi) is 5.32. The van der Waals surface area contributed by atoms with E-state index in [9.17, 15) is 13.2 Å². The molecule has 0 saturated heterocycles. The zero-order chi connectivity index (χ0) is 10.5. The molecule has 5 heteroatoms. The predicted octanol–water partition coefficient (Wildman–Crippen LogP) is 2.08. The summed E-state index contributed by atoms with van der Waals surface area (Å²) < 4.78 is 40.3. The van der Waals surface area contributed by atoms with Crippen LogP contribution in [-0.2, 0) is 4.74 Å². The van der Waals surface area contributed by atoms with Gasteiger partial charge in [0.15, 0.2) is 0 Å². The van der Waals surface area contributed by atoms with Gasteiger partial charge in [-0.3, -0.25) is 0 Å². The van der Waals surface area contributed by atoms with Gasteiger partial charge < -0.3 is 10.5 Å². The fourth-order valence-electron chi connectivity index (χ4n) is 1.16. The Hall–Kier alpha value is -0.290. The van der Waals surface area contributed by atoms with Crippen molar-refractivity contribution in [1.82, 2.24) is 0 Å². The van der Waals surface area contributed by atoms with Crippen LogP contribution in [0.1, 0.15) is 26.2 Å². The van der Waals surface area contributed by atoms with Gasteiger partial charge in [0.05, 0.1) is 6.10 Å². The number of halogens is 3. The van der Waals surface area contributed by atoms with Crippen LogP contribution in [0.15, 0.2) is 0 Å². The molecule has 0 rings (SSSR count). The second-order valence-corrected chi connectivity index (χ2v) is 3.00. The van der Waals surface area contributed by atoms with Gasteiger partial charge in [-0.15, -0.1) is 0 Å². The SMILES string of the molecule is CCC(OC)C(N)CCC(F)(F)F. The third kappa shape index (κ3) is 5.87. The molecule has 0 spiro atoms. The Morgan fingerprint density at radius 2 is 1.92 bits per heavy atom. The van der Waals surface area contributed by atoms with E-state index in [0.717, 1.165) is 0 Å². The maximum atomic E-state index is 11.8. The molecule has 0 aromatic carbocycles. The standard InChI is InChI=1S/C8H16F3NO/c1-3-7(13-2)6(12)4-5-8(9,10)11/h6-7H,3-5,12H2,1-2H3. The maximum Gasteiger partial charge on any atom is 0.389 e. The van der Waals surface area contributed by atoms with E-state index in [-0.39, 0.29) is 12.5 Å². The van der Waals surface area contributed by atoms with Crippen LogP contribution in [0.25, 0.3) is 0 Å². The number of alkyl halides is 3. The van der Waals surface area contributed by atoms with E-state index in [2.05, 4.69) is 0 Å². The smallest absolute Gasteiger partial charge is 0.380 e. The van der Waals surface area contributed by atoms with Crippen molar-refractivity contribution in [2.24, 2.45) is 5.73 Å². The van der Waals surface area contributed by atoms with Gasteiger partial charge in [-0.1, -0.05) is 6.92 Å². The molecule has 0 aliphatic heterocycles. The Bertz CT molecular complexity index is 134. The zero-order valence-electron chi connectivity index (χ0n) is 7.90. The number of methoxy groups -OCH3 is 1. The van der Waals surface area contributed by atoms with Crippen molar-refractivity contribution in [1.29, 1.82) is 0 Å². The summed E-state index contributed by atoms with van der Waals surface area (Å²) in [4.78, 5) is 0. The fraction of sp³-hybridized carbons (Fsp3) is 1.00. The number of hydrogen-bond acceptors (Lipinski definition) is 2. The minimum atomic E-state index is -4.12. The highest BCUT2D eigenvalue weighted by Gasteiger charge is 2.29. The van der Waals surface area contributed by atoms with Crippen LogP contribution in [-0.4, -0.2) is 25.4 Å². The van der Waals surface area contributed by atoms with E-state index in [1.165, 1.54) is 7.11 Å². The monoisotopic (exact) mass is 199 g/mol. The molecule has 80 valence electrons. The van der Waals surface area contributed by atoms with Crippen molar-refractivity contribution in [3.8, 4) is 0 Å². The summed E-state index contributed by atoms with van der Waals surface area (Å²) in [5.41, 5.74) is 5.52. The van der Waals surface area contributed by atoms with E-state index < -0.39 is 18.6 Å². The largest absolute Gasteiger partial charge is 0.389 e. The van der Waals surface area contributed by atoms with Crippen LogP contribution < -0.4 is 5.73 Å². The lowest BCUT2D eigenvalue weighted by Gasteiger charge is -2.21. The molecule has 0 aliphatic carbocycles. The van der Waals surface area contributed by atoms with Crippen molar-refractivity contribution < 1.29 is 17.9 Å². The predicted molar refractivity (Wildman–Crippen MR) is 44.4 cm³/mol. The average Bonchev–Trinajstić information content (AvgIpc) is 2.02. The number of ether oxygens (including phenoxy) is 1. The first-order valence-corrected chi connectivity index (χ1v) is 4.25. The quantitative estimate of drug-likeness (QED) is 0.735. The lowest BCUT2D eigenvalue weighted by Crippen LogP contribution is -2.36. The topological polar surface area (TPSA) is 35.2 Å². The summed E-state index contributed by atoms with van der Waals surface area (Å²) in [7, 11) is 1.46. The van der Waals surface area contributed by atoms with Gasteiger partial charge >= 0.3 is 6.18 Å². The molecule has 0 aromatic heterocycles. The molecule has 0 bridgehead atoms. The van der Waals surface area contributed by atoms with Gasteiger partial charge in [0.2, 0.25) is 0 Å². The molecule has 0 aliphatic rings. The molecule has 0 amide bonds. The van der Waals surface area contributed by atoms with E-state index in [4.69, 9.17) is 10.5 Å². The van der Waals surface area contributed by atoms with Gasteiger partial charge in [0, 0.05) is 19.6 Å². The van der Waals surface area contributed by atoms with Crippen LogP contribution in [0.3, 0.4) is 0 Å². The molecule has 0 fully saturated rings. The molecule has 0 radical (unpaired) electrons. The normalized spacial score (nSPS) is 17.1. The molecule has 2 N–H and O–H groups in total. The van der Waals surface area contributed by atoms with E-state index in [0.29, 0.717) is 6.42 Å². The lowest BCUT2D eigenvalue weighted by atomic mass is 10.0.